The van der Waals surface area contributed by atoms with Gasteiger partial charge in [-0.15, -0.1) is 0 Å². The number of nitrogens with zero attached hydrogens (tertiary/aromatic N) is 4. The predicted octanol–water partition coefficient (Wildman–Crippen LogP) is 3.51. The Morgan fingerprint density at radius 3 is 2.24 bits per heavy atom. The summed E-state index contributed by atoms with van der Waals surface area (Å²) in [6, 6.07) is 15.4. The Morgan fingerprint density at radius 1 is 0.879 bits per heavy atom. The lowest BCUT2D eigenvalue weighted by atomic mass is 9.82. The maximum Gasteiger partial charge on any atom is 0.260 e. The first-order valence-electron chi connectivity index (χ1n) is 11.8. The second kappa shape index (κ2) is 8.54. The zero-order valence-corrected chi connectivity index (χ0v) is 19.4. The van der Waals surface area contributed by atoms with Crippen LogP contribution in [0.5, 0.6) is 0 Å². The van der Waals surface area contributed by atoms with E-state index in [-0.39, 0.29) is 11.5 Å². The molecule has 172 valence electrons. The summed E-state index contributed by atoms with van der Waals surface area (Å²) in [4.78, 5) is 39.3. The van der Waals surface area contributed by atoms with Crippen LogP contribution in [0.1, 0.15) is 37.0 Å². The van der Waals surface area contributed by atoms with Crippen LogP contribution in [0, 0.1) is 5.41 Å². The Balaban J connectivity index is 1.21. The molecule has 2 aromatic carbocycles. The number of aromatic amines is 1. The minimum absolute atomic E-state index is 0.0564. The van der Waals surface area contributed by atoms with Crippen molar-refractivity contribution >= 4 is 28.4 Å². The second-order valence-electron chi connectivity index (χ2n) is 9.88. The van der Waals surface area contributed by atoms with Gasteiger partial charge in [0.2, 0.25) is 5.95 Å². The molecule has 0 spiro atoms. The molecule has 1 aromatic heterocycles. The monoisotopic (exact) mass is 445 g/mol. The quantitative estimate of drug-likeness (QED) is 0.668. The third-order valence-electron chi connectivity index (χ3n) is 7.06. The number of carbonyl (C=O) groups excluding carboxylic acids is 1. The zero-order valence-electron chi connectivity index (χ0n) is 19.4. The van der Waals surface area contributed by atoms with E-state index in [0.29, 0.717) is 48.4 Å². The number of amides is 1. The van der Waals surface area contributed by atoms with Crippen LogP contribution in [0.4, 0.5) is 11.6 Å². The van der Waals surface area contributed by atoms with Crippen LogP contribution in [-0.2, 0) is 0 Å². The summed E-state index contributed by atoms with van der Waals surface area (Å²) in [5.41, 5.74) is 2.89. The highest BCUT2D eigenvalue weighted by Crippen LogP contribution is 2.32. The van der Waals surface area contributed by atoms with Gasteiger partial charge in [0.1, 0.15) is 0 Å². The number of piperidine rings is 1. The standard InChI is InChI=1S/C26H31N5O2/c1-26(2)11-13-29(14-12-26)20-9-7-19(8-10-20)24(33)30-15-17-31(18-16-30)25-27-22-6-4-3-5-21(22)23(32)28-25/h3-10H,11-18H2,1-2H3,(H,27,28,32). The van der Waals surface area contributed by atoms with Crippen molar-refractivity contribution in [2.24, 2.45) is 5.41 Å². The normalized spacial score (nSPS) is 18.5. The van der Waals surface area contributed by atoms with E-state index in [1.807, 2.05) is 40.1 Å². The maximum atomic E-state index is 13.1. The fourth-order valence-corrected chi connectivity index (χ4v) is 4.71. The van der Waals surface area contributed by atoms with Gasteiger partial charge in [0.05, 0.1) is 10.9 Å². The number of hydrogen-bond acceptors (Lipinski definition) is 5. The Hall–Kier alpha value is -3.35. The van der Waals surface area contributed by atoms with Gasteiger partial charge < -0.3 is 14.7 Å². The van der Waals surface area contributed by atoms with Gasteiger partial charge >= 0.3 is 0 Å². The first-order valence-corrected chi connectivity index (χ1v) is 11.8. The van der Waals surface area contributed by atoms with Gasteiger partial charge in [0, 0.05) is 50.5 Å². The first-order chi connectivity index (χ1) is 15.9. The van der Waals surface area contributed by atoms with Gasteiger partial charge in [-0.2, -0.15) is 0 Å². The Morgan fingerprint density at radius 2 is 1.55 bits per heavy atom. The minimum Gasteiger partial charge on any atom is -0.371 e. The molecule has 0 bridgehead atoms. The van der Waals surface area contributed by atoms with Crippen LogP contribution < -0.4 is 15.4 Å². The number of hydrogen-bond donors (Lipinski definition) is 1. The minimum atomic E-state index is -0.133. The van der Waals surface area contributed by atoms with Crippen LogP contribution in [-0.4, -0.2) is 60.0 Å². The van der Waals surface area contributed by atoms with E-state index in [1.165, 1.54) is 18.5 Å². The van der Waals surface area contributed by atoms with Crippen molar-refractivity contribution in [3.8, 4) is 0 Å². The molecule has 33 heavy (non-hydrogen) atoms. The third kappa shape index (κ3) is 4.45. The zero-order chi connectivity index (χ0) is 23.0. The Kier molecular flexibility index (Phi) is 5.56. The van der Waals surface area contributed by atoms with E-state index in [2.05, 4.69) is 40.8 Å². The lowest BCUT2D eigenvalue weighted by Gasteiger charge is -2.38. The van der Waals surface area contributed by atoms with Crippen molar-refractivity contribution in [2.45, 2.75) is 26.7 Å². The number of rotatable bonds is 3. The molecule has 0 aliphatic carbocycles. The highest BCUT2D eigenvalue weighted by atomic mass is 16.2. The molecular formula is C26H31N5O2. The average molecular weight is 446 g/mol. The number of carbonyl (C=O) groups is 1. The molecule has 0 atom stereocenters. The number of benzene rings is 2. The van der Waals surface area contributed by atoms with Crippen LogP contribution in [0.25, 0.3) is 10.9 Å². The van der Waals surface area contributed by atoms with Crippen LogP contribution in [0.15, 0.2) is 53.3 Å². The summed E-state index contributed by atoms with van der Waals surface area (Å²) >= 11 is 0. The molecule has 0 unspecified atom stereocenters. The van der Waals surface area contributed by atoms with Gasteiger partial charge in [0.25, 0.3) is 11.5 Å². The topological polar surface area (TPSA) is 72.5 Å². The maximum absolute atomic E-state index is 13.1. The number of fused-ring (bicyclic) bond motifs is 1. The highest BCUT2D eigenvalue weighted by molar-refractivity contribution is 5.94. The van der Waals surface area contributed by atoms with Gasteiger partial charge in [-0.05, 0) is 54.7 Å². The molecule has 2 fully saturated rings. The van der Waals surface area contributed by atoms with Crippen molar-refractivity contribution in [2.75, 3.05) is 49.1 Å². The van der Waals surface area contributed by atoms with E-state index in [4.69, 9.17) is 0 Å². The van der Waals surface area contributed by atoms with Gasteiger partial charge in [-0.1, -0.05) is 26.0 Å². The number of anilines is 2. The predicted molar refractivity (Wildman–Crippen MR) is 132 cm³/mol. The molecule has 2 aliphatic rings. The smallest absolute Gasteiger partial charge is 0.260 e. The molecular weight excluding hydrogens is 414 g/mol. The summed E-state index contributed by atoms with van der Waals surface area (Å²) in [7, 11) is 0. The summed E-state index contributed by atoms with van der Waals surface area (Å²) in [5.74, 6) is 0.626. The summed E-state index contributed by atoms with van der Waals surface area (Å²) in [6.45, 7) is 9.25. The molecule has 3 heterocycles. The van der Waals surface area contributed by atoms with Gasteiger partial charge in [-0.25, -0.2) is 4.98 Å². The molecule has 2 aliphatic heterocycles. The molecule has 1 N–H and O–H groups in total. The molecule has 0 radical (unpaired) electrons. The first kappa shape index (κ1) is 21.5. The van der Waals surface area contributed by atoms with Crippen LogP contribution in [0.3, 0.4) is 0 Å². The second-order valence-corrected chi connectivity index (χ2v) is 9.88. The van der Waals surface area contributed by atoms with Crippen LogP contribution >= 0.6 is 0 Å². The lowest BCUT2D eigenvalue weighted by Crippen LogP contribution is -2.49. The fraction of sp³-hybridized carbons (Fsp3) is 0.423. The number of para-hydroxylation sites is 1. The van der Waals surface area contributed by atoms with E-state index in [9.17, 15) is 9.59 Å². The Labute approximate surface area is 194 Å². The molecule has 7 nitrogen and oxygen atoms in total. The van der Waals surface area contributed by atoms with Gasteiger partial charge in [0.15, 0.2) is 0 Å². The number of H-pyrrole nitrogens is 1. The van der Waals surface area contributed by atoms with Crippen molar-refractivity contribution in [1.29, 1.82) is 0 Å². The largest absolute Gasteiger partial charge is 0.371 e. The highest BCUT2D eigenvalue weighted by Gasteiger charge is 2.26. The SMILES string of the molecule is CC1(C)CCN(c2ccc(C(=O)N3CCN(c4nc5ccccc5c(=O)[nH]4)CC3)cc2)CC1. The van der Waals surface area contributed by atoms with E-state index in [0.717, 1.165) is 18.7 Å². The fourth-order valence-electron chi connectivity index (χ4n) is 4.71. The molecule has 2 saturated heterocycles. The van der Waals surface area contributed by atoms with Crippen LogP contribution in [0.2, 0.25) is 0 Å². The molecule has 3 aromatic rings. The van der Waals surface area contributed by atoms with E-state index < -0.39 is 0 Å². The van der Waals surface area contributed by atoms with Crippen molar-refractivity contribution in [1.82, 2.24) is 14.9 Å². The number of piperazine rings is 1. The summed E-state index contributed by atoms with van der Waals surface area (Å²) in [6.07, 6.45) is 2.38. The van der Waals surface area contributed by atoms with Crippen molar-refractivity contribution in [3.63, 3.8) is 0 Å². The summed E-state index contributed by atoms with van der Waals surface area (Å²) in [5, 5.41) is 0.590. The lowest BCUT2D eigenvalue weighted by molar-refractivity contribution is 0.0746. The van der Waals surface area contributed by atoms with Crippen molar-refractivity contribution < 1.29 is 4.79 Å². The van der Waals surface area contributed by atoms with E-state index in [1.54, 1.807) is 6.07 Å². The van der Waals surface area contributed by atoms with E-state index >= 15 is 0 Å². The third-order valence-corrected chi connectivity index (χ3v) is 7.06. The molecule has 7 heteroatoms. The molecule has 0 saturated carbocycles. The molecule has 1 amide bonds. The average Bonchev–Trinajstić information content (AvgIpc) is 2.84. The van der Waals surface area contributed by atoms with Crippen molar-refractivity contribution in [3.05, 3.63) is 64.4 Å². The number of aromatic nitrogens is 2. The summed E-state index contributed by atoms with van der Waals surface area (Å²) < 4.78 is 0. The van der Waals surface area contributed by atoms with Gasteiger partial charge in [-0.3, -0.25) is 14.6 Å². The number of nitrogens with one attached hydrogen (secondary N) is 1. The Bertz CT molecular complexity index is 1200. The molecule has 5 rings (SSSR count).